The fourth-order valence-corrected chi connectivity index (χ4v) is 6.78. The largest absolute Gasteiger partial charge is 0.415 e. The summed E-state index contributed by atoms with van der Waals surface area (Å²) in [6.07, 6.45) is 5.38. The van der Waals surface area contributed by atoms with Crippen molar-refractivity contribution in [2.24, 2.45) is 5.41 Å². The number of methoxy groups -OCH3 is 1. The van der Waals surface area contributed by atoms with Gasteiger partial charge in [-0.1, -0.05) is 91.0 Å². The van der Waals surface area contributed by atoms with Gasteiger partial charge in [-0.05, 0) is 89.5 Å². The van der Waals surface area contributed by atoms with Crippen LogP contribution in [0.25, 0.3) is 11.1 Å². The van der Waals surface area contributed by atoms with E-state index in [1.54, 1.807) is 36.3 Å². The van der Waals surface area contributed by atoms with Crippen LogP contribution in [0.4, 0.5) is 4.79 Å². The van der Waals surface area contributed by atoms with Crippen LogP contribution >= 0.6 is 0 Å². The van der Waals surface area contributed by atoms with Crippen LogP contribution in [0.3, 0.4) is 0 Å². The minimum atomic E-state index is -0.419. The Morgan fingerprint density at radius 1 is 0.898 bits per heavy atom. The highest BCUT2D eigenvalue weighted by atomic mass is 17.1. The molecule has 0 radical (unpaired) electrons. The summed E-state index contributed by atoms with van der Waals surface area (Å²) in [6, 6.07) is 34.6. The summed E-state index contributed by atoms with van der Waals surface area (Å²) in [5.41, 5.74) is 7.13. The molecule has 2 fully saturated rings. The molecule has 1 saturated carbocycles. The molecule has 1 unspecified atom stereocenters. The molecule has 9 nitrogen and oxygen atoms in total. The van der Waals surface area contributed by atoms with Gasteiger partial charge in [0, 0.05) is 26.2 Å². The van der Waals surface area contributed by atoms with Gasteiger partial charge in [0.05, 0.1) is 31.3 Å². The van der Waals surface area contributed by atoms with Crippen LogP contribution in [0, 0.1) is 5.41 Å². The van der Waals surface area contributed by atoms with Crippen LogP contribution in [0.2, 0.25) is 0 Å². The normalized spacial score (nSPS) is 18.4. The third-order valence-corrected chi connectivity index (χ3v) is 9.75. The first-order valence-corrected chi connectivity index (χ1v) is 17.1. The van der Waals surface area contributed by atoms with Crippen molar-refractivity contribution in [3.63, 3.8) is 0 Å². The fraction of sp³-hybridized carbons (Fsp3) is 0.375. The lowest BCUT2D eigenvalue weighted by atomic mass is 9.85. The molecule has 1 heterocycles. The molecule has 0 bridgehead atoms. The van der Waals surface area contributed by atoms with Crippen LogP contribution in [-0.2, 0) is 33.8 Å². The van der Waals surface area contributed by atoms with E-state index in [9.17, 15) is 4.79 Å². The predicted octanol–water partition coefficient (Wildman–Crippen LogP) is 7.84. The van der Waals surface area contributed by atoms with Gasteiger partial charge in [0.15, 0.2) is 0 Å². The van der Waals surface area contributed by atoms with E-state index in [0.717, 1.165) is 45.1 Å². The smallest absolute Gasteiger partial charge is 0.410 e. The van der Waals surface area contributed by atoms with Crippen LogP contribution in [0.15, 0.2) is 103 Å². The lowest BCUT2D eigenvalue weighted by Gasteiger charge is -2.39. The Hall–Kier alpha value is -4.09. The average Bonchev–Trinajstić information content (AvgIpc) is 3.90. The summed E-state index contributed by atoms with van der Waals surface area (Å²) in [5.74, 6) is 0.525. The first-order valence-electron chi connectivity index (χ1n) is 17.1. The molecule has 258 valence electrons. The molecule has 1 amide bonds. The highest BCUT2D eigenvalue weighted by Gasteiger charge is 2.45. The molecule has 49 heavy (non-hydrogen) atoms. The quantitative estimate of drug-likeness (QED) is 0.0978. The maximum atomic E-state index is 13.4. The highest BCUT2D eigenvalue weighted by molar-refractivity contribution is 5.71. The van der Waals surface area contributed by atoms with E-state index in [0.29, 0.717) is 31.0 Å². The Bertz CT molecular complexity index is 1640. The van der Waals surface area contributed by atoms with Crippen molar-refractivity contribution in [3.05, 3.63) is 125 Å². The first-order chi connectivity index (χ1) is 23.9. The lowest BCUT2D eigenvalue weighted by Crippen LogP contribution is -2.48. The molecule has 0 spiro atoms. The second kappa shape index (κ2) is 16.5. The molecule has 1 aliphatic heterocycles. The van der Waals surface area contributed by atoms with Gasteiger partial charge < -0.3 is 19.1 Å². The summed E-state index contributed by atoms with van der Waals surface area (Å²) < 4.78 is 18.0. The molecule has 4 aromatic carbocycles. The zero-order valence-electron chi connectivity index (χ0n) is 28.1. The van der Waals surface area contributed by atoms with Gasteiger partial charge in [-0.25, -0.2) is 9.63 Å². The number of aryl methyl sites for hydroxylation is 1. The van der Waals surface area contributed by atoms with Gasteiger partial charge in [-0.15, -0.1) is 0 Å². The molecule has 2 atom stereocenters. The van der Waals surface area contributed by atoms with Crippen LogP contribution < -0.4 is 4.74 Å². The van der Waals surface area contributed by atoms with Gasteiger partial charge in [-0.3, -0.25) is 10.4 Å². The van der Waals surface area contributed by atoms with Crippen molar-refractivity contribution in [2.45, 2.75) is 57.2 Å². The van der Waals surface area contributed by atoms with Gasteiger partial charge in [0.1, 0.15) is 5.75 Å². The summed E-state index contributed by atoms with van der Waals surface area (Å²) in [7, 11) is 1.75. The van der Waals surface area contributed by atoms with Crippen LogP contribution in [0.1, 0.15) is 53.9 Å². The van der Waals surface area contributed by atoms with E-state index in [-0.39, 0.29) is 29.4 Å². The Kier molecular flexibility index (Phi) is 11.7. The summed E-state index contributed by atoms with van der Waals surface area (Å²) in [5, 5.41) is 17.2. The molecule has 1 aliphatic carbocycles. The number of hydrogen-bond donors (Lipinski definition) is 2. The number of hydrogen-bond acceptors (Lipinski definition) is 8. The molecule has 2 N–H and O–H groups in total. The number of benzene rings is 4. The van der Waals surface area contributed by atoms with E-state index in [4.69, 9.17) is 24.6 Å². The third-order valence-electron chi connectivity index (χ3n) is 9.75. The SMILES string of the molecule is COCCCc1ccccc1CC1(COC2CN(C(=O)Oc3ccc(CON(O)O)cc3)CC[C@@H]2c2cccc(-c3ccccc3)c2)CC1. The molecule has 9 heteroatoms. The monoisotopic (exact) mass is 666 g/mol. The Morgan fingerprint density at radius 2 is 1.63 bits per heavy atom. The second-order valence-corrected chi connectivity index (χ2v) is 13.3. The maximum Gasteiger partial charge on any atom is 0.415 e. The van der Waals surface area contributed by atoms with E-state index in [1.165, 1.54) is 27.8 Å². The highest BCUT2D eigenvalue weighted by Crippen LogP contribution is 2.50. The molecular formula is C40H46N2O7. The van der Waals surface area contributed by atoms with E-state index in [2.05, 4.69) is 77.6 Å². The number of carbonyl (C=O) groups excluding carboxylic acids is 1. The zero-order valence-corrected chi connectivity index (χ0v) is 28.1. The third kappa shape index (κ3) is 9.54. The number of nitrogens with zero attached hydrogens (tertiary/aromatic N) is 2. The van der Waals surface area contributed by atoms with Crippen LogP contribution in [-0.4, -0.2) is 66.3 Å². The van der Waals surface area contributed by atoms with Crippen LogP contribution in [0.5, 0.6) is 5.75 Å². The molecule has 2 aliphatic rings. The molecule has 4 aromatic rings. The average molecular weight is 667 g/mol. The predicted molar refractivity (Wildman–Crippen MR) is 185 cm³/mol. The number of amides is 1. The standard InChI is InChI=1S/C40H46N2O7/c1-46-24-8-15-32-11-5-6-12-35(32)26-40(21-22-40)29-47-38-27-41(39(43)49-36-18-16-30(17-19-36)28-48-42(44)45)23-20-37(38)34-14-7-13-33(25-34)31-9-3-2-4-10-31/h2-7,9-14,16-19,25,37-38,44-45H,8,15,20-24,26-29H2,1H3/t37-,38?/m1/s1. The molecule has 0 aromatic heterocycles. The minimum Gasteiger partial charge on any atom is -0.410 e. The van der Waals surface area contributed by atoms with E-state index < -0.39 is 6.09 Å². The number of ether oxygens (including phenoxy) is 3. The van der Waals surface area contributed by atoms with Crippen molar-refractivity contribution < 1.29 is 34.3 Å². The van der Waals surface area contributed by atoms with Gasteiger partial charge in [0.2, 0.25) is 0 Å². The van der Waals surface area contributed by atoms with Crippen molar-refractivity contribution in [1.82, 2.24) is 10.3 Å². The fourth-order valence-electron chi connectivity index (χ4n) is 6.78. The Morgan fingerprint density at radius 3 is 2.37 bits per heavy atom. The van der Waals surface area contributed by atoms with E-state index >= 15 is 0 Å². The second-order valence-electron chi connectivity index (χ2n) is 13.3. The Balaban J connectivity index is 1.16. The topological polar surface area (TPSA) is 101 Å². The summed E-state index contributed by atoms with van der Waals surface area (Å²) in [4.78, 5) is 19.8. The van der Waals surface area contributed by atoms with Crippen molar-refractivity contribution in [2.75, 3.05) is 33.4 Å². The van der Waals surface area contributed by atoms with Gasteiger partial charge >= 0.3 is 6.09 Å². The number of rotatable bonds is 15. The first kappa shape index (κ1) is 34.8. The molecule has 6 rings (SSSR count). The minimum absolute atomic E-state index is 0.0415. The number of carbonyl (C=O) groups is 1. The zero-order chi connectivity index (χ0) is 34.1. The summed E-state index contributed by atoms with van der Waals surface area (Å²) >= 11 is 0. The Labute approximate surface area is 288 Å². The van der Waals surface area contributed by atoms with Gasteiger partial charge in [-0.2, -0.15) is 0 Å². The number of likely N-dealkylation sites (tertiary alicyclic amines) is 1. The van der Waals surface area contributed by atoms with E-state index in [1.807, 2.05) is 6.07 Å². The van der Waals surface area contributed by atoms with Crippen molar-refractivity contribution >= 4 is 6.09 Å². The lowest BCUT2D eigenvalue weighted by molar-refractivity contribution is -0.497. The molecular weight excluding hydrogens is 620 g/mol. The van der Waals surface area contributed by atoms with Gasteiger partial charge in [0.25, 0.3) is 0 Å². The van der Waals surface area contributed by atoms with Crippen molar-refractivity contribution in [1.29, 1.82) is 0 Å². The molecule has 1 saturated heterocycles. The van der Waals surface area contributed by atoms with Crippen molar-refractivity contribution in [3.8, 4) is 16.9 Å². The summed E-state index contributed by atoms with van der Waals surface area (Å²) in [6.45, 7) is 2.33. The maximum absolute atomic E-state index is 13.4. The number of piperidine rings is 1.